The average molecular weight is 476 g/mol. The molecule has 0 aliphatic heterocycles. The van der Waals surface area contributed by atoms with Crippen LogP contribution in [0.2, 0.25) is 23.8 Å². The Bertz CT molecular complexity index is 909. The highest BCUT2D eigenvalue weighted by atomic mass is 35.5. The highest BCUT2D eigenvalue weighted by Gasteiger charge is 2.43. The molecule has 3 rings (SSSR count). The number of methoxy groups -OCH3 is 2. The smallest absolute Gasteiger partial charge is 0.130 e. The molecule has 158 valence electrons. The van der Waals surface area contributed by atoms with Crippen LogP contribution in [0.5, 0.6) is 11.5 Å². The summed E-state index contributed by atoms with van der Waals surface area (Å²) >= 11 is 13.0. The Morgan fingerprint density at radius 3 is 1.43 bits per heavy atom. The Balaban J connectivity index is 2.12. The van der Waals surface area contributed by atoms with Crippen molar-refractivity contribution in [1.29, 1.82) is 0 Å². The number of alkyl halides is 1. The van der Waals surface area contributed by atoms with Crippen LogP contribution in [0.25, 0.3) is 0 Å². The van der Waals surface area contributed by atoms with E-state index in [2.05, 4.69) is 49.5 Å². The Hall–Kier alpha value is -1.73. The van der Waals surface area contributed by atoms with Crippen LogP contribution in [0.15, 0.2) is 72.8 Å². The van der Waals surface area contributed by atoms with Crippen LogP contribution < -0.4 is 25.0 Å². The summed E-state index contributed by atoms with van der Waals surface area (Å²) in [6.07, 6.45) is 0. The second kappa shape index (κ2) is 9.60. The van der Waals surface area contributed by atoms with Gasteiger partial charge in [-0.1, -0.05) is 76.7 Å². The fraction of sp³-hybridized carbons (Fsp3) is 0.250. The molecule has 0 saturated carbocycles. The highest BCUT2D eigenvalue weighted by molar-refractivity contribution is 7.14. The molecule has 30 heavy (non-hydrogen) atoms. The van der Waals surface area contributed by atoms with Crippen molar-refractivity contribution < 1.29 is 9.47 Å². The second-order valence-corrected chi connectivity index (χ2v) is 18.8. The average Bonchev–Trinajstić information content (AvgIpc) is 2.78. The Kier molecular flexibility index (Phi) is 7.35. The predicted molar refractivity (Wildman–Crippen MR) is 135 cm³/mol. The zero-order chi connectivity index (χ0) is 21.8. The number of benzene rings is 3. The van der Waals surface area contributed by atoms with Crippen molar-refractivity contribution in [2.75, 3.05) is 19.7 Å². The van der Waals surface area contributed by atoms with E-state index in [1.165, 1.54) is 15.6 Å². The van der Waals surface area contributed by atoms with E-state index < -0.39 is 16.1 Å². The van der Waals surface area contributed by atoms with Gasteiger partial charge in [-0.25, -0.2) is 0 Å². The van der Waals surface area contributed by atoms with Gasteiger partial charge in [0.2, 0.25) is 0 Å². The molecular formula is C24H28Cl2O2Si2. The lowest BCUT2D eigenvalue weighted by molar-refractivity contribution is 0.415. The molecular weight excluding hydrogens is 447 g/mol. The number of ether oxygens (including phenoxy) is 2. The van der Waals surface area contributed by atoms with E-state index in [1.54, 1.807) is 14.2 Å². The van der Waals surface area contributed by atoms with Gasteiger partial charge in [0, 0.05) is 10.5 Å². The quantitative estimate of drug-likeness (QED) is 0.343. The second-order valence-electron chi connectivity index (χ2n) is 8.24. The van der Waals surface area contributed by atoms with Gasteiger partial charge in [0.15, 0.2) is 0 Å². The van der Waals surface area contributed by atoms with Gasteiger partial charge in [-0.2, -0.15) is 0 Å². The van der Waals surface area contributed by atoms with Gasteiger partial charge in [-0.15, -0.1) is 11.6 Å². The van der Waals surface area contributed by atoms with Gasteiger partial charge in [-0.3, -0.25) is 0 Å². The number of hydrogen-bond donors (Lipinski definition) is 0. The number of halogens is 2. The topological polar surface area (TPSA) is 18.5 Å². The molecule has 6 heteroatoms. The van der Waals surface area contributed by atoms with E-state index >= 15 is 0 Å². The zero-order valence-corrected chi connectivity index (χ0v) is 21.4. The van der Waals surface area contributed by atoms with Crippen molar-refractivity contribution in [2.45, 2.75) is 18.8 Å². The Morgan fingerprint density at radius 1 is 0.667 bits per heavy atom. The largest absolute Gasteiger partial charge is 0.497 e. The fourth-order valence-electron chi connectivity index (χ4n) is 4.15. The third kappa shape index (κ3) is 4.78. The minimum Gasteiger partial charge on any atom is -0.497 e. The maximum Gasteiger partial charge on any atom is 0.130 e. The SMILES string of the molecule is COc1ccc([Si](CCl)(C[Si](C)(C)c2ccc(Cl)cc2)c2ccc(OC)cc2)cc1. The monoisotopic (exact) mass is 474 g/mol. The molecule has 0 spiro atoms. The van der Waals surface area contributed by atoms with Crippen LogP contribution in [0, 0.1) is 0 Å². The molecule has 3 aromatic rings. The molecule has 0 N–H and O–H groups in total. The first kappa shape index (κ1) is 22.9. The van der Waals surface area contributed by atoms with Crippen LogP contribution in [0.4, 0.5) is 0 Å². The molecule has 0 atom stereocenters. The van der Waals surface area contributed by atoms with E-state index in [-0.39, 0.29) is 0 Å². The van der Waals surface area contributed by atoms with Crippen molar-refractivity contribution in [3.63, 3.8) is 0 Å². The van der Waals surface area contributed by atoms with Crippen molar-refractivity contribution >= 4 is 54.9 Å². The molecule has 0 aromatic heterocycles. The number of hydrogen-bond acceptors (Lipinski definition) is 2. The third-order valence-corrected chi connectivity index (χ3v) is 18.7. The van der Waals surface area contributed by atoms with Gasteiger partial charge in [0.1, 0.15) is 19.6 Å². The van der Waals surface area contributed by atoms with Crippen LogP contribution in [0.1, 0.15) is 0 Å². The molecule has 0 amide bonds. The molecule has 0 radical (unpaired) electrons. The summed E-state index contributed by atoms with van der Waals surface area (Å²) < 4.78 is 10.8. The molecule has 0 bridgehead atoms. The summed E-state index contributed by atoms with van der Waals surface area (Å²) in [4.78, 5) is 0. The van der Waals surface area contributed by atoms with Gasteiger partial charge < -0.3 is 9.47 Å². The summed E-state index contributed by atoms with van der Waals surface area (Å²) in [6, 6.07) is 25.3. The van der Waals surface area contributed by atoms with Crippen LogP contribution in [-0.2, 0) is 0 Å². The Labute approximate surface area is 191 Å². The minimum absolute atomic E-state index is 0.621. The van der Waals surface area contributed by atoms with Gasteiger partial charge in [-0.05, 0) is 42.1 Å². The van der Waals surface area contributed by atoms with E-state index in [9.17, 15) is 0 Å². The van der Waals surface area contributed by atoms with E-state index in [0.29, 0.717) is 5.50 Å². The van der Waals surface area contributed by atoms with Crippen LogP contribution >= 0.6 is 23.2 Å². The maximum absolute atomic E-state index is 6.86. The summed E-state index contributed by atoms with van der Waals surface area (Å²) in [5.41, 5.74) is 1.72. The normalized spacial score (nSPS) is 11.9. The van der Waals surface area contributed by atoms with Crippen molar-refractivity contribution in [3.8, 4) is 11.5 Å². The molecule has 0 aliphatic carbocycles. The lowest BCUT2D eigenvalue weighted by atomic mass is 10.3. The molecule has 0 saturated heterocycles. The van der Waals surface area contributed by atoms with Crippen molar-refractivity contribution in [3.05, 3.63) is 77.8 Å². The molecule has 3 aromatic carbocycles. The van der Waals surface area contributed by atoms with Crippen molar-refractivity contribution in [1.82, 2.24) is 0 Å². The molecule has 0 aliphatic rings. The molecule has 0 heterocycles. The first-order chi connectivity index (χ1) is 14.3. The van der Waals surface area contributed by atoms with Gasteiger partial charge in [0.25, 0.3) is 0 Å². The van der Waals surface area contributed by atoms with Crippen LogP contribution in [-0.4, -0.2) is 35.9 Å². The highest BCUT2D eigenvalue weighted by Crippen LogP contribution is 2.24. The standard InChI is InChI=1S/C24H28Cl2O2Si2/c1-27-20-7-13-23(14-8-20)30(17-25,24-15-9-21(28-2)10-16-24)18-29(3,4)22-11-5-19(26)6-12-22/h5-16H,17-18H2,1-4H3. The third-order valence-electron chi connectivity index (χ3n) is 5.88. The number of rotatable bonds is 8. The van der Waals surface area contributed by atoms with E-state index in [1.807, 2.05) is 36.4 Å². The van der Waals surface area contributed by atoms with Gasteiger partial charge in [0.05, 0.1) is 22.3 Å². The van der Waals surface area contributed by atoms with Crippen LogP contribution in [0.3, 0.4) is 0 Å². The fourth-order valence-corrected chi connectivity index (χ4v) is 18.2. The minimum atomic E-state index is -2.24. The summed E-state index contributed by atoms with van der Waals surface area (Å²) in [6.45, 7) is 4.86. The van der Waals surface area contributed by atoms with Gasteiger partial charge >= 0.3 is 0 Å². The van der Waals surface area contributed by atoms with Crippen molar-refractivity contribution in [2.24, 2.45) is 0 Å². The molecule has 0 fully saturated rings. The summed E-state index contributed by atoms with van der Waals surface area (Å²) in [7, 11) is -0.662. The molecule has 0 unspecified atom stereocenters. The lowest BCUT2D eigenvalue weighted by Gasteiger charge is -2.38. The first-order valence-electron chi connectivity index (χ1n) is 9.96. The molecule has 2 nitrogen and oxygen atoms in total. The zero-order valence-electron chi connectivity index (χ0n) is 17.9. The Morgan fingerprint density at radius 2 is 1.07 bits per heavy atom. The van der Waals surface area contributed by atoms with E-state index in [0.717, 1.165) is 22.2 Å². The lowest BCUT2D eigenvalue weighted by Crippen LogP contribution is -2.66. The van der Waals surface area contributed by atoms with E-state index in [4.69, 9.17) is 32.7 Å². The first-order valence-corrected chi connectivity index (χ1v) is 16.5. The summed E-state index contributed by atoms with van der Waals surface area (Å²) in [5, 5.41) is 4.83. The predicted octanol–water partition coefficient (Wildman–Crippen LogP) is 4.85. The maximum atomic E-state index is 6.86. The summed E-state index contributed by atoms with van der Waals surface area (Å²) in [5.74, 6) is 1.72.